The Hall–Kier alpha value is -3.07. The van der Waals surface area contributed by atoms with Crippen molar-refractivity contribution in [3.8, 4) is 5.75 Å². The van der Waals surface area contributed by atoms with Gasteiger partial charge in [0, 0.05) is 0 Å². The van der Waals surface area contributed by atoms with E-state index >= 15 is 0 Å². The molecule has 0 spiro atoms. The monoisotopic (exact) mass is 401 g/mol. The standard InChI is InChI=1S/C27H31NO2/c1-18(2)23-16-15-19(3)17-25(23)30-21(5)27(29)28-26(22-12-7-6-8-13-22)24-14-10-9-11-20(24)4/h6-18,21,26H,1-5H3,(H,28,29)/t21-,26-/m1/s1. The lowest BCUT2D eigenvalue weighted by Gasteiger charge is -2.25. The van der Waals surface area contributed by atoms with Crippen LogP contribution in [-0.4, -0.2) is 12.0 Å². The van der Waals surface area contributed by atoms with Crippen LogP contribution in [-0.2, 0) is 4.79 Å². The summed E-state index contributed by atoms with van der Waals surface area (Å²) in [6.45, 7) is 10.2. The van der Waals surface area contributed by atoms with Gasteiger partial charge in [0.2, 0.25) is 0 Å². The number of ether oxygens (including phenoxy) is 1. The number of amides is 1. The van der Waals surface area contributed by atoms with E-state index in [2.05, 4.69) is 50.4 Å². The highest BCUT2D eigenvalue weighted by atomic mass is 16.5. The zero-order valence-electron chi connectivity index (χ0n) is 18.5. The molecule has 0 saturated heterocycles. The zero-order chi connectivity index (χ0) is 21.7. The van der Waals surface area contributed by atoms with E-state index in [0.29, 0.717) is 5.92 Å². The van der Waals surface area contributed by atoms with E-state index in [1.54, 1.807) is 0 Å². The lowest BCUT2D eigenvalue weighted by molar-refractivity contribution is -0.127. The maximum atomic E-state index is 13.1. The highest BCUT2D eigenvalue weighted by Gasteiger charge is 2.23. The molecule has 30 heavy (non-hydrogen) atoms. The van der Waals surface area contributed by atoms with Crippen LogP contribution in [0.15, 0.2) is 72.8 Å². The summed E-state index contributed by atoms with van der Waals surface area (Å²) in [5.74, 6) is 0.961. The summed E-state index contributed by atoms with van der Waals surface area (Å²) in [6, 6.07) is 24.2. The van der Waals surface area contributed by atoms with E-state index in [9.17, 15) is 4.79 Å². The van der Waals surface area contributed by atoms with Gasteiger partial charge in [0.1, 0.15) is 5.75 Å². The lowest BCUT2D eigenvalue weighted by Crippen LogP contribution is -2.39. The summed E-state index contributed by atoms with van der Waals surface area (Å²) in [5, 5.41) is 3.21. The summed E-state index contributed by atoms with van der Waals surface area (Å²) in [5.41, 5.74) is 5.50. The normalized spacial score (nSPS) is 13.0. The highest BCUT2D eigenvalue weighted by Crippen LogP contribution is 2.29. The maximum absolute atomic E-state index is 13.1. The van der Waals surface area contributed by atoms with Crippen molar-refractivity contribution in [1.82, 2.24) is 5.32 Å². The Morgan fingerprint density at radius 3 is 2.17 bits per heavy atom. The number of benzene rings is 3. The fourth-order valence-corrected chi connectivity index (χ4v) is 3.62. The minimum absolute atomic E-state index is 0.136. The molecule has 3 rings (SSSR count). The minimum atomic E-state index is -0.612. The topological polar surface area (TPSA) is 38.3 Å². The Bertz CT molecular complexity index is 995. The molecule has 0 aliphatic rings. The van der Waals surface area contributed by atoms with Gasteiger partial charge in [0.25, 0.3) is 5.91 Å². The van der Waals surface area contributed by atoms with Crippen molar-refractivity contribution in [3.63, 3.8) is 0 Å². The second kappa shape index (κ2) is 9.62. The van der Waals surface area contributed by atoms with E-state index in [1.165, 1.54) is 0 Å². The van der Waals surface area contributed by atoms with Crippen LogP contribution in [0.5, 0.6) is 5.75 Å². The van der Waals surface area contributed by atoms with Crippen LogP contribution in [0.1, 0.15) is 60.5 Å². The van der Waals surface area contributed by atoms with E-state index in [0.717, 1.165) is 33.6 Å². The van der Waals surface area contributed by atoms with Crippen LogP contribution < -0.4 is 10.1 Å². The van der Waals surface area contributed by atoms with Gasteiger partial charge in [-0.25, -0.2) is 0 Å². The van der Waals surface area contributed by atoms with Gasteiger partial charge in [0.05, 0.1) is 6.04 Å². The van der Waals surface area contributed by atoms with Gasteiger partial charge in [-0.2, -0.15) is 0 Å². The molecule has 0 bridgehead atoms. The molecule has 0 heterocycles. The van der Waals surface area contributed by atoms with Crippen molar-refractivity contribution >= 4 is 5.91 Å². The Morgan fingerprint density at radius 2 is 1.50 bits per heavy atom. The maximum Gasteiger partial charge on any atom is 0.261 e. The molecule has 3 aromatic carbocycles. The molecule has 1 amide bonds. The zero-order valence-corrected chi connectivity index (χ0v) is 18.5. The molecule has 1 N–H and O–H groups in total. The minimum Gasteiger partial charge on any atom is -0.481 e. The summed E-state index contributed by atoms with van der Waals surface area (Å²) in [7, 11) is 0. The van der Waals surface area contributed by atoms with Gasteiger partial charge < -0.3 is 10.1 Å². The van der Waals surface area contributed by atoms with Crippen LogP contribution in [0.25, 0.3) is 0 Å². The first-order valence-electron chi connectivity index (χ1n) is 10.5. The molecule has 3 nitrogen and oxygen atoms in total. The van der Waals surface area contributed by atoms with E-state index in [1.807, 2.05) is 62.4 Å². The largest absolute Gasteiger partial charge is 0.481 e. The molecule has 0 saturated carbocycles. The third-order valence-electron chi connectivity index (χ3n) is 5.38. The number of aryl methyl sites for hydroxylation is 2. The molecule has 0 unspecified atom stereocenters. The van der Waals surface area contributed by atoms with E-state index in [-0.39, 0.29) is 11.9 Å². The SMILES string of the molecule is Cc1ccc(C(C)C)c(O[C@H](C)C(=O)N[C@H](c2ccccc2)c2ccccc2C)c1. The van der Waals surface area contributed by atoms with Gasteiger partial charge in [0.15, 0.2) is 6.10 Å². The van der Waals surface area contributed by atoms with Crippen molar-refractivity contribution < 1.29 is 9.53 Å². The lowest BCUT2D eigenvalue weighted by atomic mass is 9.95. The van der Waals surface area contributed by atoms with Crippen molar-refractivity contribution in [2.75, 3.05) is 0 Å². The van der Waals surface area contributed by atoms with E-state index in [4.69, 9.17) is 4.74 Å². The fourth-order valence-electron chi connectivity index (χ4n) is 3.62. The fraction of sp³-hybridized carbons (Fsp3) is 0.296. The molecule has 0 aliphatic carbocycles. The third kappa shape index (κ3) is 5.10. The second-order valence-electron chi connectivity index (χ2n) is 8.16. The molecule has 0 aliphatic heterocycles. The first-order chi connectivity index (χ1) is 14.4. The van der Waals surface area contributed by atoms with Crippen molar-refractivity contribution in [1.29, 1.82) is 0 Å². The highest BCUT2D eigenvalue weighted by molar-refractivity contribution is 5.81. The summed E-state index contributed by atoms with van der Waals surface area (Å²) < 4.78 is 6.14. The van der Waals surface area contributed by atoms with Crippen LogP contribution >= 0.6 is 0 Å². The average Bonchev–Trinajstić information content (AvgIpc) is 2.73. The summed E-state index contributed by atoms with van der Waals surface area (Å²) in [4.78, 5) is 13.1. The quantitative estimate of drug-likeness (QED) is 0.519. The Balaban J connectivity index is 1.85. The second-order valence-corrected chi connectivity index (χ2v) is 8.16. The predicted octanol–water partition coefficient (Wildman–Crippen LogP) is 6.10. The first kappa shape index (κ1) is 21.6. The van der Waals surface area contributed by atoms with Crippen LogP contribution in [0, 0.1) is 13.8 Å². The summed E-state index contributed by atoms with van der Waals surface area (Å²) in [6.07, 6.45) is -0.612. The smallest absolute Gasteiger partial charge is 0.261 e. The first-order valence-corrected chi connectivity index (χ1v) is 10.5. The molecule has 156 valence electrons. The molecule has 0 fully saturated rings. The van der Waals surface area contributed by atoms with Crippen LogP contribution in [0.3, 0.4) is 0 Å². The predicted molar refractivity (Wildman–Crippen MR) is 123 cm³/mol. The molecular weight excluding hydrogens is 370 g/mol. The molecular formula is C27H31NO2. The van der Waals surface area contributed by atoms with Gasteiger partial charge in [-0.1, -0.05) is 80.6 Å². The molecule has 3 aromatic rings. The molecule has 0 aromatic heterocycles. The Kier molecular flexibility index (Phi) is 6.94. The van der Waals surface area contributed by atoms with Gasteiger partial charge in [-0.05, 0) is 60.6 Å². The van der Waals surface area contributed by atoms with Crippen molar-refractivity contribution in [2.45, 2.75) is 52.7 Å². The van der Waals surface area contributed by atoms with Crippen LogP contribution in [0.4, 0.5) is 0 Å². The molecule has 0 radical (unpaired) electrons. The van der Waals surface area contributed by atoms with Gasteiger partial charge in [-0.3, -0.25) is 4.79 Å². The molecule has 2 atom stereocenters. The van der Waals surface area contributed by atoms with Crippen LogP contribution in [0.2, 0.25) is 0 Å². The number of carbonyl (C=O) groups is 1. The Morgan fingerprint density at radius 1 is 0.833 bits per heavy atom. The van der Waals surface area contributed by atoms with Crippen molar-refractivity contribution in [2.24, 2.45) is 0 Å². The number of carbonyl (C=O) groups excluding carboxylic acids is 1. The molecule has 3 heteroatoms. The van der Waals surface area contributed by atoms with Gasteiger partial charge in [-0.15, -0.1) is 0 Å². The van der Waals surface area contributed by atoms with Gasteiger partial charge >= 0.3 is 0 Å². The third-order valence-corrected chi connectivity index (χ3v) is 5.38. The number of hydrogen-bond acceptors (Lipinski definition) is 2. The number of rotatable bonds is 7. The summed E-state index contributed by atoms with van der Waals surface area (Å²) >= 11 is 0. The number of hydrogen-bond donors (Lipinski definition) is 1. The van der Waals surface area contributed by atoms with E-state index < -0.39 is 6.10 Å². The van der Waals surface area contributed by atoms with Crippen molar-refractivity contribution in [3.05, 3.63) is 101 Å². The Labute approximate surface area is 180 Å². The number of nitrogens with one attached hydrogen (secondary N) is 1. The average molecular weight is 402 g/mol.